The first-order chi connectivity index (χ1) is 13.8. The van der Waals surface area contributed by atoms with Crippen LogP contribution in [0.15, 0.2) is 77.7 Å². The van der Waals surface area contributed by atoms with Crippen molar-refractivity contribution in [2.75, 3.05) is 20.4 Å². The Kier molecular flexibility index (Phi) is 5.03. The van der Waals surface area contributed by atoms with E-state index in [0.717, 1.165) is 39.8 Å². The van der Waals surface area contributed by atoms with E-state index in [-0.39, 0.29) is 0 Å². The van der Waals surface area contributed by atoms with Crippen molar-refractivity contribution in [1.29, 1.82) is 0 Å². The number of aromatic amines is 1. The van der Waals surface area contributed by atoms with E-state index in [1.807, 2.05) is 24.3 Å². The van der Waals surface area contributed by atoms with E-state index in [9.17, 15) is 8.42 Å². The highest BCUT2D eigenvalue weighted by atomic mass is 32.2. The van der Waals surface area contributed by atoms with Crippen LogP contribution in [0.25, 0.3) is 33.3 Å². The van der Waals surface area contributed by atoms with Gasteiger partial charge in [-0.2, -0.15) is 0 Å². The van der Waals surface area contributed by atoms with Gasteiger partial charge in [0, 0.05) is 29.3 Å². The summed E-state index contributed by atoms with van der Waals surface area (Å²) in [6.45, 7) is 0.897. The van der Waals surface area contributed by atoms with Crippen LogP contribution in [-0.2, 0) is 16.4 Å². The molecule has 0 aliphatic heterocycles. The Morgan fingerprint density at radius 2 is 1.45 bits per heavy atom. The molecule has 3 aromatic carbocycles. The van der Waals surface area contributed by atoms with Gasteiger partial charge in [-0.3, -0.25) is 0 Å². The van der Waals surface area contributed by atoms with Gasteiger partial charge in [-0.25, -0.2) is 8.42 Å². The van der Waals surface area contributed by atoms with Gasteiger partial charge in [-0.15, -0.1) is 0 Å². The van der Waals surface area contributed by atoms with Gasteiger partial charge >= 0.3 is 0 Å². The van der Waals surface area contributed by atoms with Gasteiger partial charge in [-0.1, -0.05) is 54.6 Å². The van der Waals surface area contributed by atoms with E-state index in [2.05, 4.69) is 60.4 Å². The van der Waals surface area contributed by atoms with Crippen LogP contribution >= 0.6 is 0 Å². The molecule has 0 atom stereocenters. The smallest absolute Gasteiger partial charge is 0.175 e. The standard InChI is InChI=1S/C24H24N2O2S/c1-26(2)16-17-8-10-18(11-9-17)23-21-6-4-5-7-22(21)25-24(23)19-12-14-20(15-13-19)29(3,27)28/h4-15,25H,16H2,1-3H3. The predicted molar refractivity (Wildman–Crippen MR) is 120 cm³/mol. The van der Waals surface area contributed by atoms with Crippen molar-refractivity contribution < 1.29 is 8.42 Å². The van der Waals surface area contributed by atoms with E-state index < -0.39 is 9.84 Å². The third-order valence-electron chi connectivity index (χ3n) is 5.02. The molecule has 5 heteroatoms. The number of sulfone groups is 1. The molecule has 0 aliphatic carbocycles. The molecule has 1 N–H and O–H groups in total. The molecule has 29 heavy (non-hydrogen) atoms. The van der Waals surface area contributed by atoms with Crippen LogP contribution in [0.1, 0.15) is 5.56 Å². The number of nitrogens with zero attached hydrogens (tertiary/aromatic N) is 1. The first kappa shape index (κ1) is 19.4. The Morgan fingerprint density at radius 1 is 0.828 bits per heavy atom. The second-order valence-electron chi connectivity index (χ2n) is 7.65. The molecule has 0 bridgehead atoms. The van der Waals surface area contributed by atoms with Crippen LogP contribution in [0.3, 0.4) is 0 Å². The number of benzene rings is 3. The minimum atomic E-state index is -3.22. The maximum atomic E-state index is 11.8. The topological polar surface area (TPSA) is 53.2 Å². The van der Waals surface area contributed by atoms with Crippen LogP contribution in [0, 0.1) is 0 Å². The summed E-state index contributed by atoms with van der Waals surface area (Å²) in [5.74, 6) is 0. The fourth-order valence-corrected chi connectivity index (χ4v) is 4.30. The van der Waals surface area contributed by atoms with Crippen LogP contribution in [0.4, 0.5) is 0 Å². The van der Waals surface area contributed by atoms with Crippen molar-refractivity contribution >= 4 is 20.7 Å². The lowest BCUT2D eigenvalue weighted by Crippen LogP contribution is -2.10. The number of hydrogen-bond acceptors (Lipinski definition) is 3. The molecule has 4 aromatic rings. The van der Waals surface area contributed by atoms with Crippen LogP contribution in [-0.4, -0.2) is 38.7 Å². The molecular formula is C24H24N2O2S. The largest absolute Gasteiger partial charge is 0.354 e. The average Bonchev–Trinajstić information content (AvgIpc) is 3.07. The van der Waals surface area contributed by atoms with E-state index in [1.54, 1.807) is 12.1 Å². The number of H-pyrrole nitrogens is 1. The molecular weight excluding hydrogens is 380 g/mol. The fourth-order valence-electron chi connectivity index (χ4n) is 3.67. The molecule has 148 valence electrons. The Hall–Kier alpha value is -2.89. The molecule has 0 fully saturated rings. The average molecular weight is 405 g/mol. The number of rotatable bonds is 5. The summed E-state index contributed by atoms with van der Waals surface area (Å²) < 4.78 is 23.6. The maximum Gasteiger partial charge on any atom is 0.175 e. The molecule has 0 unspecified atom stereocenters. The summed E-state index contributed by atoms with van der Waals surface area (Å²) in [5.41, 5.74) is 6.53. The number of aromatic nitrogens is 1. The summed E-state index contributed by atoms with van der Waals surface area (Å²) in [4.78, 5) is 6.00. The SMILES string of the molecule is CN(C)Cc1ccc(-c2c(-c3ccc(S(C)(=O)=O)cc3)[nH]c3ccccc23)cc1. The quantitative estimate of drug-likeness (QED) is 0.511. The summed E-state index contributed by atoms with van der Waals surface area (Å²) >= 11 is 0. The van der Waals surface area contributed by atoms with Crippen molar-refractivity contribution in [3.8, 4) is 22.4 Å². The minimum Gasteiger partial charge on any atom is -0.354 e. The van der Waals surface area contributed by atoms with Gasteiger partial charge in [0.25, 0.3) is 0 Å². The Morgan fingerprint density at radius 3 is 2.07 bits per heavy atom. The van der Waals surface area contributed by atoms with Crippen LogP contribution in [0.2, 0.25) is 0 Å². The lowest BCUT2D eigenvalue weighted by atomic mass is 9.97. The minimum absolute atomic E-state index is 0.326. The third-order valence-corrected chi connectivity index (χ3v) is 6.15. The van der Waals surface area contributed by atoms with Crippen LogP contribution in [0.5, 0.6) is 0 Å². The molecule has 0 saturated carbocycles. The van der Waals surface area contributed by atoms with Crippen molar-refractivity contribution in [2.45, 2.75) is 11.4 Å². The van der Waals surface area contributed by atoms with Crippen molar-refractivity contribution in [2.24, 2.45) is 0 Å². The molecule has 1 aromatic heterocycles. The highest BCUT2D eigenvalue weighted by Gasteiger charge is 2.16. The first-order valence-electron chi connectivity index (χ1n) is 9.48. The highest BCUT2D eigenvalue weighted by molar-refractivity contribution is 7.90. The van der Waals surface area contributed by atoms with Gasteiger partial charge in [0.15, 0.2) is 9.84 Å². The first-order valence-corrected chi connectivity index (χ1v) is 11.4. The summed E-state index contributed by atoms with van der Waals surface area (Å²) in [6.07, 6.45) is 1.23. The van der Waals surface area contributed by atoms with Gasteiger partial charge in [0.2, 0.25) is 0 Å². The van der Waals surface area contributed by atoms with E-state index in [4.69, 9.17) is 0 Å². The highest BCUT2D eigenvalue weighted by Crippen LogP contribution is 2.38. The summed E-state index contributed by atoms with van der Waals surface area (Å²) in [6, 6.07) is 23.9. The molecule has 4 nitrogen and oxygen atoms in total. The van der Waals surface area contributed by atoms with Crippen LogP contribution < -0.4 is 0 Å². The van der Waals surface area contributed by atoms with Gasteiger partial charge in [0.1, 0.15) is 0 Å². The maximum absolute atomic E-state index is 11.8. The number of nitrogens with one attached hydrogen (secondary N) is 1. The van der Waals surface area contributed by atoms with Gasteiger partial charge < -0.3 is 9.88 Å². The second-order valence-corrected chi connectivity index (χ2v) is 9.67. The zero-order chi connectivity index (χ0) is 20.6. The number of fused-ring (bicyclic) bond motifs is 1. The zero-order valence-electron chi connectivity index (χ0n) is 16.8. The molecule has 0 radical (unpaired) electrons. The normalized spacial score (nSPS) is 12.0. The number of hydrogen-bond donors (Lipinski definition) is 1. The Labute approximate surface area is 171 Å². The monoisotopic (exact) mass is 404 g/mol. The molecule has 4 rings (SSSR count). The molecule has 1 heterocycles. The number of para-hydroxylation sites is 1. The third kappa shape index (κ3) is 3.97. The Balaban J connectivity index is 1.85. The lowest BCUT2D eigenvalue weighted by Gasteiger charge is -2.11. The van der Waals surface area contributed by atoms with Crippen molar-refractivity contribution in [3.63, 3.8) is 0 Å². The molecule has 0 aliphatic rings. The van der Waals surface area contributed by atoms with E-state index >= 15 is 0 Å². The van der Waals surface area contributed by atoms with Gasteiger partial charge in [0.05, 0.1) is 10.6 Å². The Bertz CT molecular complexity index is 1250. The molecule has 0 spiro atoms. The second kappa shape index (κ2) is 7.50. The summed E-state index contributed by atoms with van der Waals surface area (Å²) in [7, 11) is 0.905. The lowest BCUT2D eigenvalue weighted by molar-refractivity contribution is 0.402. The van der Waals surface area contributed by atoms with Gasteiger partial charge in [-0.05, 0) is 49.0 Å². The fraction of sp³-hybridized carbons (Fsp3) is 0.167. The summed E-state index contributed by atoms with van der Waals surface area (Å²) in [5, 5.41) is 1.15. The van der Waals surface area contributed by atoms with E-state index in [1.165, 1.54) is 11.8 Å². The molecule has 0 saturated heterocycles. The predicted octanol–water partition coefficient (Wildman–Crippen LogP) is 4.97. The zero-order valence-corrected chi connectivity index (χ0v) is 17.6. The van der Waals surface area contributed by atoms with E-state index in [0.29, 0.717) is 4.90 Å². The molecule has 0 amide bonds. The van der Waals surface area contributed by atoms with Crippen molar-refractivity contribution in [1.82, 2.24) is 9.88 Å². The van der Waals surface area contributed by atoms with Crippen molar-refractivity contribution in [3.05, 3.63) is 78.4 Å².